The smallest absolute Gasteiger partial charge is 0.299 e. The number of hydrogen-bond donors (Lipinski definition) is 0. The molecule has 2 aromatic rings. The van der Waals surface area contributed by atoms with E-state index in [2.05, 4.69) is 6.07 Å². The summed E-state index contributed by atoms with van der Waals surface area (Å²) in [5, 5.41) is 2.02. The summed E-state index contributed by atoms with van der Waals surface area (Å²) in [6.07, 6.45) is 0.781. The van der Waals surface area contributed by atoms with Crippen molar-refractivity contribution < 1.29 is 9.59 Å². The van der Waals surface area contributed by atoms with E-state index in [0.29, 0.717) is 12.1 Å². The highest BCUT2D eigenvalue weighted by Crippen LogP contribution is 2.32. The molecule has 1 amide bonds. The van der Waals surface area contributed by atoms with Crippen LogP contribution in [0.25, 0.3) is 0 Å². The maximum absolute atomic E-state index is 12.2. The van der Waals surface area contributed by atoms with Crippen LogP contribution >= 0.6 is 11.3 Å². The van der Waals surface area contributed by atoms with Gasteiger partial charge in [0, 0.05) is 11.4 Å². The molecule has 0 radical (unpaired) electrons. The number of hydrogen-bond acceptors (Lipinski definition) is 3. The van der Waals surface area contributed by atoms with Gasteiger partial charge in [0.25, 0.3) is 11.7 Å². The van der Waals surface area contributed by atoms with E-state index in [4.69, 9.17) is 0 Å². The first-order chi connectivity index (χ1) is 9.58. The Kier molecular flexibility index (Phi) is 3.18. The number of fused-ring (bicyclic) bond motifs is 1. The van der Waals surface area contributed by atoms with Crippen molar-refractivity contribution in [3.8, 4) is 0 Å². The molecule has 1 aromatic heterocycles. The molecular formula is C16H15NO2S. The topological polar surface area (TPSA) is 37.4 Å². The number of thiophene rings is 1. The number of Topliss-reactive ketones (excluding diaryl/α,β-unsaturated/α-hetero) is 1. The lowest BCUT2D eigenvalue weighted by Crippen LogP contribution is -2.31. The Balaban J connectivity index is 1.93. The van der Waals surface area contributed by atoms with Crippen molar-refractivity contribution in [2.45, 2.75) is 20.3 Å². The fraction of sp³-hybridized carbons (Fsp3) is 0.250. The third-order valence-electron chi connectivity index (χ3n) is 3.58. The van der Waals surface area contributed by atoms with Crippen molar-refractivity contribution in [3.05, 3.63) is 51.2 Å². The van der Waals surface area contributed by atoms with Crippen molar-refractivity contribution in [2.75, 3.05) is 11.4 Å². The van der Waals surface area contributed by atoms with Gasteiger partial charge in [-0.2, -0.15) is 0 Å². The van der Waals surface area contributed by atoms with Crippen LogP contribution in [0.5, 0.6) is 0 Å². The normalized spacial score (nSPS) is 14.0. The molecule has 3 nitrogen and oxygen atoms in total. The van der Waals surface area contributed by atoms with Gasteiger partial charge in [-0.15, -0.1) is 11.3 Å². The van der Waals surface area contributed by atoms with Gasteiger partial charge in [-0.05, 0) is 48.9 Å². The van der Waals surface area contributed by atoms with Crippen LogP contribution in [0.3, 0.4) is 0 Å². The van der Waals surface area contributed by atoms with E-state index in [9.17, 15) is 9.59 Å². The molecule has 2 heterocycles. The molecule has 4 heteroatoms. The zero-order valence-electron chi connectivity index (χ0n) is 11.5. The van der Waals surface area contributed by atoms with Crippen LogP contribution in [0.2, 0.25) is 0 Å². The summed E-state index contributed by atoms with van der Waals surface area (Å²) in [5.41, 5.74) is 3.31. The summed E-state index contributed by atoms with van der Waals surface area (Å²) in [6.45, 7) is 4.43. The maximum Gasteiger partial charge on any atom is 0.299 e. The Morgan fingerprint density at radius 1 is 1.20 bits per heavy atom. The Hall–Kier alpha value is -1.94. The van der Waals surface area contributed by atoms with Gasteiger partial charge in [-0.1, -0.05) is 12.1 Å². The lowest BCUT2D eigenvalue weighted by Gasteiger charge is -2.16. The second kappa shape index (κ2) is 4.87. The summed E-state index contributed by atoms with van der Waals surface area (Å²) < 4.78 is 0. The lowest BCUT2D eigenvalue weighted by molar-refractivity contribution is -0.114. The lowest BCUT2D eigenvalue weighted by atomic mass is 10.0. The van der Waals surface area contributed by atoms with Gasteiger partial charge in [-0.3, -0.25) is 9.59 Å². The minimum absolute atomic E-state index is 0.372. The fourth-order valence-corrected chi connectivity index (χ4v) is 3.39. The first-order valence-electron chi connectivity index (χ1n) is 6.58. The third kappa shape index (κ3) is 2.06. The molecule has 3 rings (SSSR count). The predicted octanol–water partition coefficient (Wildman–Crippen LogP) is 3.14. The quantitative estimate of drug-likeness (QED) is 0.812. The molecule has 20 heavy (non-hydrogen) atoms. The third-order valence-corrected chi connectivity index (χ3v) is 4.51. The summed E-state index contributed by atoms with van der Waals surface area (Å²) in [7, 11) is 0. The van der Waals surface area contributed by atoms with Crippen LogP contribution in [0.1, 0.15) is 26.4 Å². The van der Waals surface area contributed by atoms with Gasteiger partial charge in [0.1, 0.15) is 0 Å². The molecule has 0 spiro atoms. The number of aryl methyl sites for hydroxylation is 2. The van der Waals surface area contributed by atoms with E-state index in [1.165, 1.54) is 4.88 Å². The fourth-order valence-electron chi connectivity index (χ4n) is 2.69. The molecule has 1 aliphatic rings. The summed E-state index contributed by atoms with van der Waals surface area (Å²) in [5.74, 6) is -0.770. The van der Waals surface area contributed by atoms with Gasteiger partial charge in [0.15, 0.2) is 0 Å². The number of anilines is 1. The van der Waals surface area contributed by atoms with E-state index in [-0.39, 0.29) is 5.78 Å². The highest BCUT2D eigenvalue weighted by molar-refractivity contribution is 7.09. The second-order valence-corrected chi connectivity index (χ2v) is 6.12. The highest BCUT2D eigenvalue weighted by atomic mass is 32.1. The number of benzene rings is 1. The van der Waals surface area contributed by atoms with Gasteiger partial charge >= 0.3 is 0 Å². The molecule has 102 valence electrons. The van der Waals surface area contributed by atoms with Crippen molar-refractivity contribution in [1.29, 1.82) is 0 Å². The van der Waals surface area contributed by atoms with E-state index >= 15 is 0 Å². The molecule has 0 unspecified atom stereocenters. The number of ketones is 1. The Bertz CT molecular complexity index is 689. The molecule has 1 aliphatic heterocycles. The average Bonchev–Trinajstić information content (AvgIpc) is 2.97. The SMILES string of the molecule is Cc1cc(C)c2c(c1)N(CCc1cccs1)C(=O)C2=O. The maximum atomic E-state index is 12.2. The minimum atomic E-state index is -0.398. The number of amides is 1. The molecule has 0 atom stereocenters. The van der Waals surface area contributed by atoms with E-state index < -0.39 is 5.91 Å². The minimum Gasteiger partial charge on any atom is -0.304 e. The Morgan fingerprint density at radius 3 is 2.70 bits per heavy atom. The van der Waals surface area contributed by atoms with E-state index in [1.807, 2.05) is 37.4 Å². The molecule has 0 bridgehead atoms. The van der Waals surface area contributed by atoms with Crippen LogP contribution in [0.15, 0.2) is 29.6 Å². The highest BCUT2D eigenvalue weighted by Gasteiger charge is 2.36. The molecule has 0 fully saturated rings. The first kappa shape index (κ1) is 13.1. The van der Waals surface area contributed by atoms with Crippen LogP contribution in [0, 0.1) is 13.8 Å². The molecule has 1 aromatic carbocycles. The summed E-state index contributed by atoms with van der Waals surface area (Å²) in [4.78, 5) is 27.1. The van der Waals surface area contributed by atoms with Crippen molar-refractivity contribution in [1.82, 2.24) is 0 Å². The number of carbonyl (C=O) groups is 2. The van der Waals surface area contributed by atoms with Crippen LogP contribution in [0.4, 0.5) is 5.69 Å². The van der Waals surface area contributed by atoms with Gasteiger partial charge < -0.3 is 4.90 Å². The standard InChI is InChI=1S/C16H15NO2S/c1-10-8-11(2)14-13(9-10)17(16(19)15(14)18)6-5-12-4-3-7-20-12/h3-4,7-9H,5-6H2,1-2H3. The van der Waals surface area contributed by atoms with E-state index in [0.717, 1.165) is 23.2 Å². The number of carbonyl (C=O) groups excluding carboxylic acids is 2. The molecule has 0 saturated carbocycles. The van der Waals surface area contributed by atoms with Crippen molar-refractivity contribution >= 4 is 28.7 Å². The molecular weight excluding hydrogens is 270 g/mol. The average molecular weight is 285 g/mol. The van der Waals surface area contributed by atoms with Crippen LogP contribution in [-0.2, 0) is 11.2 Å². The molecule has 0 aliphatic carbocycles. The zero-order valence-corrected chi connectivity index (χ0v) is 12.3. The molecule has 0 N–H and O–H groups in total. The second-order valence-electron chi connectivity index (χ2n) is 5.09. The number of nitrogens with zero attached hydrogens (tertiary/aromatic N) is 1. The first-order valence-corrected chi connectivity index (χ1v) is 7.45. The molecule has 0 saturated heterocycles. The van der Waals surface area contributed by atoms with Gasteiger partial charge in [0.05, 0.1) is 11.3 Å². The van der Waals surface area contributed by atoms with Crippen LogP contribution in [-0.4, -0.2) is 18.2 Å². The monoisotopic (exact) mass is 285 g/mol. The zero-order chi connectivity index (χ0) is 14.3. The van der Waals surface area contributed by atoms with Crippen molar-refractivity contribution in [3.63, 3.8) is 0 Å². The largest absolute Gasteiger partial charge is 0.304 e. The van der Waals surface area contributed by atoms with Crippen LogP contribution < -0.4 is 4.90 Å². The number of rotatable bonds is 3. The van der Waals surface area contributed by atoms with Gasteiger partial charge in [0.2, 0.25) is 0 Å². The summed E-state index contributed by atoms with van der Waals surface area (Å²) in [6, 6.07) is 7.93. The Labute approximate surface area is 121 Å². The summed E-state index contributed by atoms with van der Waals surface area (Å²) >= 11 is 1.67. The van der Waals surface area contributed by atoms with Gasteiger partial charge in [-0.25, -0.2) is 0 Å². The van der Waals surface area contributed by atoms with E-state index in [1.54, 1.807) is 16.2 Å². The van der Waals surface area contributed by atoms with Crippen molar-refractivity contribution in [2.24, 2.45) is 0 Å². The predicted molar refractivity (Wildman–Crippen MR) is 80.6 cm³/mol. The Morgan fingerprint density at radius 2 is 2.00 bits per heavy atom.